The molecule has 0 fully saturated rings. The van der Waals surface area contributed by atoms with Gasteiger partial charge in [-0.3, -0.25) is 4.79 Å². The number of para-hydroxylation sites is 1. The van der Waals surface area contributed by atoms with Gasteiger partial charge in [-0.1, -0.05) is 12.1 Å². The minimum Gasteiger partial charge on any atom is -0.348 e. The van der Waals surface area contributed by atoms with Gasteiger partial charge in [0.05, 0.1) is 11.8 Å². The molecule has 5 nitrogen and oxygen atoms in total. The highest BCUT2D eigenvalue weighted by molar-refractivity contribution is 5.95. The van der Waals surface area contributed by atoms with Crippen molar-refractivity contribution in [1.82, 2.24) is 15.1 Å². The lowest BCUT2D eigenvalue weighted by molar-refractivity contribution is -0.143. The fraction of sp³-hybridized carbons (Fsp3) is 0.286. The Hall–Kier alpha value is -2.42. The first-order valence-corrected chi connectivity index (χ1v) is 6.66. The molecule has 1 heterocycles. The van der Waals surface area contributed by atoms with E-state index in [4.69, 9.17) is 5.73 Å². The van der Waals surface area contributed by atoms with Crippen molar-refractivity contribution in [2.75, 3.05) is 6.54 Å². The molecule has 1 atom stereocenters. The van der Waals surface area contributed by atoms with Crippen LogP contribution >= 0.6 is 0 Å². The van der Waals surface area contributed by atoms with Crippen LogP contribution in [0.2, 0.25) is 0 Å². The van der Waals surface area contributed by atoms with Crippen LogP contribution in [0.1, 0.15) is 23.0 Å². The summed E-state index contributed by atoms with van der Waals surface area (Å²) in [4.78, 5) is 12.0. The smallest absolute Gasteiger partial charge is 0.348 e. The van der Waals surface area contributed by atoms with Crippen molar-refractivity contribution in [3.63, 3.8) is 0 Å². The number of nitrogens with one attached hydrogen (secondary N) is 1. The summed E-state index contributed by atoms with van der Waals surface area (Å²) in [5, 5.41) is 5.86. The van der Waals surface area contributed by atoms with Gasteiger partial charge in [0, 0.05) is 12.6 Å². The number of hydrogen-bond acceptors (Lipinski definition) is 3. The number of benzene rings is 1. The second-order valence-corrected chi connectivity index (χ2v) is 4.88. The van der Waals surface area contributed by atoms with Crippen LogP contribution in [-0.4, -0.2) is 28.3 Å². The van der Waals surface area contributed by atoms with Crippen molar-refractivity contribution < 1.29 is 22.4 Å². The molecule has 23 heavy (non-hydrogen) atoms. The number of nitrogens with zero attached hydrogens (tertiary/aromatic N) is 2. The zero-order valence-electron chi connectivity index (χ0n) is 12.1. The number of alkyl halides is 3. The molecule has 1 aromatic carbocycles. The molecule has 0 aliphatic heterocycles. The molecule has 0 saturated heterocycles. The van der Waals surface area contributed by atoms with Crippen molar-refractivity contribution in [2.24, 2.45) is 5.73 Å². The van der Waals surface area contributed by atoms with E-state index in [1.165, 1.54) is 12.1 Å². The van der Waals surface area contributed by atoms with Crippen molar-refractivity contribution >= 4 is 5.91 Å². The summed E-state index contributed by atoms with van der Waals surface area (Å²) in [5.74, 6) is -1.86. The highest BCUT2D eigenvalue weighted by Crippen LogP contribution is 2.34. The summed E-state index contributed by atoms with van der Waals surface area (Å²) in [7, 11) is 0. The monoisotopic (exact) mass is 330 g/mol. The maximum atomic E-state index is 13.8. The molecule has 0 spiro atoms. The molecule has 124 valence electrons. The minimum atomic E-state index is -4.89. The van der Waals surface area contributed by atoms with Gasteiger partial charge in [0.15, 0.2) is 5.69 Å². The number of hydrogen-bond donors (Lipinski definition) is 2. The van der Waals surface area contributed by atoms with E-state index in [-0.39, 0.29) is 6.54 Å². The number of halogens is 4. The molecule has 0 unspecified atom stereocenters. The molecule has 0 radical (unpaired) electrons. The number of amides is 1. The van der Waals surface area contributed by atoms with Gasteiger partial charge in [-0.25, -0.2) is 9.07 Å². The van der Waals surface area contributed by atoms with Crippen LogP contribution in [0, 0.1) is 5.82 Å². The molecular formula is C14H14F4N4O. The molecule has 1 amide bonds. The van der Waals surface area contributed by atoms with Crippen LogP contribution in [0.25, 0.3) is 5.69 Å². The van der Waals surface area contributed by atoms with Gasteiger partial charge in [0.1, 0.15) is 11.5 Å². The molecule has 0 saturated carbocycles. The van der Waals surface area contributed by atoms with E-state index in [9.17, 15) is 22.4 Å². The van der Waals surface area contributed by atoms with Gasteiger partial charge in [-0.15, -0.1) is 0 Å². The second-order valence-electron chi connectivity index (χ2n) is 4.88. The molecule has 0 aliphatic rings. The fourth-order valence-electron chi connectivity index (χ4n) is 1.95. The first kappa shape index (κ1) is 16.9. The molecule has 3 N–H and O–H groups in total. The molecule has 2 rings (SSSR count). The average Bonchev–Trinajstić information content (AvgIpc) is 2.92. The predicted molar refractivity (Wildman–Crippen MR) is 74.5 cm³/mol. The van der Waals surface area contributed by atoms with Crippen LogP contribution in [0.5, 0.6) is 0 Å². The van der Waals surface area contributed by atoms with Crippen molar-refractivity contribution in [1.29, 1.82) is 0 Å². The van der Waals surface area contributed by atoms with Crippen LogP contribution in [-0.2, 0) is 6.18 Å². The van der Waals surface area contributed by atoms with Gasteiger partial charge in [0.25, 0.3) is 5.91 Å². The summed E-state index contributed by atoms with van der Waals surface area (Å²) in [6.45, 7) is 1.61. The quantitative estimate of drug-likeness (QED) is 0.843. The van der Waals surface area contributed by atoms with E-state index >= 15 is 0 Å². The highest BCUT2D eigenvalue weighted by atomic mass is 19.4. The van der Waals surface area contributed by atoms with E-state index < -0.39 is 40.9 Å². The summed E-state index contributed by atoms with van der Waals surface area (Å²) in [6.07, 6.45) is -4.13. The predicted octanol–water partition coefficient (Wildman–Crippen LogP) is 2.11. The lowest BCUT2D eigenvalue weighted by Crippen LogP contribution is -2.38. The number of rotatable bonds is 4. The van der Waals surface area contributed by atoms with Crippen molar-refractivity contribution in [2.45, 2.75) is 19.1 Å². The van der Waals surface area contributed by atoms with E-state index in [0.717, 1.165) is 18.3 Å². The second kappa shape index (κ2) is 6.37. The van der Waals surface area contributed by atoms with Crippen molar-refractivity contribution in [3.05, 3.63) is 47.5 Å². The lowest BCUT2D eigenvalue weighted by atomic mass is 10.2. The highest BCUT2D eigenvalue weighted by Gasteiger charge is 2.41. The van der Waals surface area contributed by atoms with Gasteiger partial charge in [-0.2, -0.15) is 18.3 Å². The minimum absolute atomic E-state index is 0.0640. The van der Waals surface area contributed by atoms with Crippen molar-refractivity contribution in [3.8, 4) is 5.69 Å². The third-order valence-electron chi connectivity index (χ3n) is 3.09. The molecular weight excluding hydrogens is 316 g/mol. The number of aromatic nitrogens is 2. The van der Waals surface area contributed by atoms with Crippen LogP contribution < -0.4 is 11.1 Å². The standard InChI is InChI=1S/C14H14F4N4O/c1-8(6-19)21-13(23)9-7-20-22(12(9)14(16,17)18)11-5-3-2-4-10(11)15/h2-5,7-8H,6,19H2,1H3,(H,21,23)/t8-/m0/s1. The zero-order valence-corrected chi connectivity index (χ0v) is 12.1. The van der Waals surface area contributed by atoms with Crippen LogP contribution in [0.15, 0.2) is 30.5 Å². The molecule has 9 heteroatoms. The number of nitrogens with two attached hydrogens (primary N) is 1. The van der Waals surface area contributed by atoms with Crippen LogP contribution in [0.3, 0.4) is 0 Å². The summed E-state index contributed by atoms with van der Waals surface area (Å²) < 4.78 is 54.2. The Morgan fingerprint density at radius 1 is 1.39 bits per heavy atom. The van der Waals surface area contributed by atoms with E-state index in [0.29, 0.717) is 4.68 Å². The molecule has 0 aliphatic carbocycles. The first-order valence-electron chi connectivity index (χ1n) is 6.66. The zero-order chi connectivity index (χ0) is 17.2. The van der Waals surface area contributed by atoms with Gasteiger partial charge in [-0.05, 0) is 19.1 Å². The maximum Gasteiger partial charge on any atom is 0.434 e. The Balaban J connectivity index is 2.55. The Morgan fingerprint density at radius 2 is 2.04 bits per heavy atom. The Kier molecular flexibility index (Phi) is 4.69. The lowest BCUT2D eigenvalue weighted by Gasteiger charge is -2.15. The number of carbonyl (C=O) groups is 1. The normalized spacial score (nSPS) is 13.0. The Morgan fingerprint density at radius 3 is 2.61 bits per heavy atom. The maximum absolute atomic E-state index is 13.8. The summed E-state index contributed by atoms with van der Waals surface area (Å²) in [5.41, 5.74) is 2.90. The van der Waals surface area contributed by atoms with E-state index in [1.807, 2.05) is 0 Å². The third-order valence-corrected chi connectivity index (χ3v) is 3.09. The van der Waals surface area contributed by atoms with Gasteiger partial charge < -0.3 is 11.1 Å². The molecule has 1 aromatic heterocycles. The van der Waals surface area contributed by atoms with Crippen LogP contribution in [0.4, 0.5) is 17.6 Å². The molecule has 2 aromatic rings. The Labute approximate surface area is 129 Å². The van der Waals surface area contributed by atoms with Gasteiger partial charge in [0.2, 0.25) is 0 Å². The molecule has 0 bridgehead atoms. The van der Waals surface area contributed by atoms with E-state index in [1.54, 1.807) is 6.92 Å². The SMILES string of the molecule is C[C@@H](CN)NC(=O)c1cnn(-c2ccccc2F)c1C(F)(F)F. The van der Waals surface area contributed by atoms with Gasteiger partial charge >= 0.3 is 6.18 Å². The summed E-state index contributed by atoms with van der Waals surface area (Å²) in [6, 6.07) is 4.35. The first-order chi connectivity index (χ1) is 10.8. The summed E-state index contributed by atoms with van der Waals surface area (Å²) >= 11 is 0. The fourth-order valence-corrected chi connectivity index (χ4v) is 1.95. The average molecular weight is 330 g/mol. The number of carbonyl (C=O) groups excluding carboxylic acids is 1. The third kappa shape index (κ3) is 3.50. The Bertz CT molecular complexity index is 711. The topological polar surface area (TPSA) is 72.9 Å². The van der Waals surface area contributed by atoms with E-state index in [2.05, 4.69) is 10.4 Å². The largest absolute Gasteiger partial charge is 0.434 e.